The van der Waals surface area contributed by atoms with Crippen LogP contribution in [0.15, 0.2) is 41.0 Å². The Labute approximate surface area is 104 Å². The molecule has 0 aliphatic heterocycles. The first-order chi connectivity index (χ1) is 8.09. The van der Waals surface area contributed by atoms with E-state index in [0.717, 1.165) is 12.1 Å². The third kappa shape index (κ3) is 2.39. The number of carbonyl (C=O) groups is 1. The van der Waals surface area contributed by atoms with Gasteiger partial charge in [0.2, 0.25) is 5.78 Å². The number of halogens is 3. The summed E-state index contributed by atoms with van der Waals surface area (Å²) in [4.78, 5) is 15.6. The molecule has 0 saturated heterocycles. The Kier molecular flexibility index (Phi) is 3.28. The van der Waals surface area contributed by atoms with Gasteiger partial charge >= 0.3 is 0 Å². The van der Waals surface area contributed by atoms with E-state index in [1.54, 1.807) is 6.07 Å². The fourth-order valence-corrected chi connectivity index (χ4v) is 1.59. The lowest BCUT2D eigenvalue weighted by molar-refractivity contribution is 0.102. The van der Waals surface area contributed by atoms with Crippen LogP contribution in [0.4, 0.5) is 8.78 Å². The second-order valence-corrected chi connectivity index (χ2v) is 4.20. The molecule has 0 amide bonds. The predicted octanol–water partition coefficient (Wildman–Crippen LogP) is 3.35. The molecule has 0 radical (unpaired) electrons. The van der Waals surface area contributed by atoms with Crippen LogP contribution in [-0.2, 0) is 0 Å². The summed E-state index contributed by atoms with van der Waals surface area (Å²) in [6.07, 6.45) is 1.39. The fraction of sp³-hybridized carbons (Fsp3) is 0. The van der Waals surface area contributed by atoms with Crippen LogP contribution in [-0.4, -0.2) is 10.8 Å². The van der Waals surface area contributed by atoms with Gasteiger partial charge in [0.15, 0.2) is 0 Å². The van der Waals surface area contributed by atoms with Crippen molar-refractivity contribution in [2.24, 2.45) is 0 Å². The van der Waals surface area contributed by atoms with Gasteiger partial charge in [-0.1, -0.05) is 6.07 Å². The van der Waals surface area contributed by atoms with Crippen LogP contribution in [0.5, 0.6) is 0 Å². The quantitative estimate of drug-likeness (QED) is 0.796. The molecule has 0 bridgehead atoms. The summed E-state index contributed by atoms with van der Waals surface area (Å²) in [5.41, 5.74) is -0.584. The van der Waals surface area contributed by atoms with Crippen molar-refractivity contribution in [2.75, 3.05) is 0 Å². The molecule has 2 rings (SSSR count). The number of hydrogen-bond acceptors (Lipinski definition) is 2. The summed E-state index contributed by atoms with van der Waals surface area (Å²) in [6.45, 7) is 0. The van der Waals surface area contributed by atoms with E-state index in [-0.39, 0.29) is 5.69 Å². The van der Waals surface area contributed by atoms with Crippen molar-refractivity contribution in [1.82, 2.24) is 4.98 Å². The van der Waals surface area contributed by atoms with Crippen LogP contribution >= 0.6 is 15.9 Å². The van der Waals surface area contributed by atoms with Crippen LogP contribution in [0.25, 0.3) is 0 Å². The molecule has 86 valence electrons. The van der Waals surface area contributed by atoms with Crippen molar-refractivity contribution >= 4 is 21.7 Å². The standard InChI is InChI=1S/C12H6BrF2NO/c13-7-4-5-10(16-6-7)12(17)11-8(14)2-1-3-9(11)15/h1-6H. The van der Waals surface area contributed by atoms with E-state index in [1.807, 2.05) is 0 Å². The highest BCUT2D eigenvalue weighted by Crippen LogP contribution is 2.17. The zero-order valence-electron chi connectivity index (χ0n) is 8.45. The lowest BCUT2D eigenvalue weighted by Crippen LogP contribution is -2.09. The fourth-order valence-electron chi connectivity index (χ4n) is 1.35. The van der Waals surface area contributed by atoms with Crippen LogP contribution in [0.3, 0.4) is 0 Å². The average molecular weight is 298 g/mol. The van der Waals surface area contributed by atoms with Gasteiger partial charge in [0, 0.05) is 10.7 Å². The van der Waals surface area contributed by atoms with Gasteiger partial charge in [0.05, 0.1) is 5.56 Å². The van der Waals surface area contributed by atoms with Crippen LogP contribution < -0.4 is 0 Å². The first-order valence-electron chi connectivity index (χ1n) is 4.70. The maximum atomic E-state index is 13.4. The van der Waals surface area contributed by atoms with Crippen LogP contribution in [0.2, 0.25) is 0 Å². The number of benzene rings is 1. The number of hydrogen-bond donors (Lipinski definition) is 0. The first-order valence-corrected chi connectivity index (χ1v) is 5.49. The Morgan fingerprint density at radius 1 is 1.12 bits per heavy atom. The van der Waals surface area contributed by atoms with Gasteiger partial charge < -0.3 is 0 Å². The Morgan fingerprint density at radius 3 is 2.29 bits per heavy atom. The summed E-state index contributed by atoms with van der Waals surface area (Å²) in [6, 6.07) is 6.26. The largest absolute Gasteiger partial charge is 0.287 e. The minimum absolute atomic E-state index is 0.00259. The summed E-state index contributed by atoms with van der Waals surface area (Å²) >= 11 is 3.16. The van der Waals surface area contributed by atoms with E-state index in [9.17, 15) is 13.6 Å². The second kappa shape index (κ2) is 4.71. The molecule has 1 heterocycles. The molecule has 5 heteroatoms. The van der Waals surface area contributed by atoms with Crippen LogP contribution in [0, 0.1) is 11.6 Å². The Balaban J connectivity index is 2.47. The van der Waals surface area contributed by atoms with Crippen LogP contribution in [0.1, 0.15) is 16.1 Å². The molecule has 0 N–H and O–H groups in total. The zero-order valence-corrected chi connectivity index (χ0v) is 10.0. The summed E-state index contributed by atoms with van der Waals surface area (Å²) < 4.78 is 27.4. The third-order valence-corrected chi connectivity index (χ3v) is 2.62. The monoisotopic (exact) mass is 297 g/mol. The maximum Gasteiger partial charge on any atom is 0.217 e. The van der Waals surface area contributed by atoms with Crippen molar-refractivity contribution in [3.63, 3.8) is 0 Å². The molecule has 2 aromatic rings. The number of pyridine rings is 1. The van der Waals surface area contributed by atoms with Gasteiger partial charge in [-0.3, -0.25) is 9.78 Å². The molecule has 0 aliphatic carbocycles. The minimum atomic E-state index is -0.889. The highest BCUT2D eigenvalue weighted by molar-refractivity contribution is 9.10. The lowest BCUT2D eigenvalue weighted by Gasteiger charge is -2.03. The summed E-state index contributed by atoms with van der Waals surface area (Å²) in [5, 5.41) is 0. The van der Waals surface area contributed by atoms with Crippen molar-refractivity contribution in [3.05, 3.63) is 63.9 Å². The molecule has 17 heavy (non-hydrogen) atoms. The Bertz CT molecular complexity index is 549. The molecule has 2 nitrogen and oxygen atoms in total. The van der Waals surface area contributed by atoms with E-state index >= 15 is 0 Å². The number of nitrogens with zero attached hydrogens (tertiary/aromatic N) is 1. The molecular formula is C12H6BrF2NO. The molecule has 0 spiro atoms. The van der Waals surface area contributed by atoms with E-state index in [2.05, 4.69) is 20.9 Å². The van der Waals surface area contributed by atoms with Crippen molar-refractivity contribution in [1.29, 1.82) is 0 Å². The molecule has 0 aliphatic rings. The highest BCUT2D eigenvalue weighted by Gasteiger charge is 2.19. The molecule has 1 aromatic heterocycles. The number of ketones is 1. The second-order valence-electron chi connectivity index (χ2n) is 3.29. The smallest absolute Gasteiger partial charge is 0.217 e. The van der Waals surface area contributed by atoms with Gasteiger partial charge in [-0.25, -0.2) is 8.78 Å². The molecule has 0 saturated carbocycles. The van der Waals surface area contributed by atoms with Crippen molar-refractivity contribution < 1.29 is 13.6 Å². The van der Waals surface area contributed by atoms with Crippen molar-refractivity contribution in [3.8, 4) is 0 Å². The predicted molar refractivity (Wildman–Crippen MR) is 61.7 cm³/mol. The van der Waals surface area contributed by atoms with E-state index < -0.39 is 23.0 Å². The number of aromatic nitrogens is 1. The SMILES string of the molecule is O=C(c1ccc(Br)cn1)c1c(F)cccc1F. The minimum Gasteiger partial charge on any atom is -0.287 e. The summed E-state index contributed by atoms with van der Waals surface area (Å²) in [7, 11) is 0. The molecule has 0 fully saturated rings. The normalized spacial score (nSPS) is 10.3. The Morgan fingerprint density at radius 2 is 1.76 bits per heavy atom. The number of carbonyl (C=O) groups excluding carboxylic acids is 1. The number of rotatable bonds is 2. The Hall–Kier alpha value is -1.62. The van der Waals surface area contributed by atoms with Gasteiger partial charge in [-0.2, -0.15) is 0 Å². The third-order valence-electron chi connectivity index (χ3n) is 2.15. The maximum absolute atomic E-state index is 13.4. The topological polar surface area (TPSA) is 30.0 Å². The van der Waals surface area contributed by atoms with E-state index in [1.165, 1.54) is 18.3 Å². The van der Waals surface area contributed by atoms with Gasteiger partial charge in [0.25, 0.3) is 0 Å². The van der Waals surface area contributed by atoms with Gasteiger partial charge in [0.1, 0.15) is 17.3 Å². The summed E-state index contributed by atoms with van der Waals surface area (Å²) in [5.74, 6) is -2.55. The molecular weight excluding hydrogens is 292 g/mol. The lowest BCUT2D eigenvalue weighted by atomic mass is 10.1. The molecule has 1 aromatic carbocycles. The molecule has 0 unspecified atom stereocenters. The van der Waals surface area contributed by atoms with Gasteiger partial charge in [-0.05, 0) is 40.2 Å². The van der Waals surface area contributed by atoms with E-state index in [0.29, 0.717) is 4.47 Å². The first kappa shape index (κ1) is 11.9. The zero-order chi connectivity index (χ0) is 12.4. The molecule has 0 atom stereocenters. The van der Waals surface area contributed by atoms with Crippen molar-refractivity contribution in [2.45, 2.75) is 0 Å². The average Bonchev–Trinajstić information content (AvgIpc) is 2.29. The van der Waals surface area contributed by atoms with Gasteiger partial charge in [-0.15, -0.1) is 0 Å². The van der Waals surface area contributed by atoms with E-state index in [4.69, 9.17) is 0 Å². The highest BCUT2D eigenvalue weighted by atomic mass is 79.9.